The zero-order valence-electron chi connectivity index (χ0n) is 9.47. The van der Waals surface area contributed by atoms with Gasteiger partial charge >= 0.3 is 0 Å². The summed E-state index contributed by atoms with van der Waals surface area (Å²) in [6, 6.07) is 0.414. The maximum absolute atomic E-state index is 11.5. The highest BCUT2D eigenvalue weighted by Crippen LogP contribution is 2.09. The summed E-state index contributed by atoms with van der Waals surface area (Å²) >= 11 is 0. The predicted molar refractivity (Wildman–Crippen MR) is 56.7 cm³/mol. The summed E-state index contributed by atoms with van der Waals surface area (Å²) in [7, 11) is 0. The molecule has 1 amide bonds. The van der Waals surface area contributed by atoms with Crippen molar-refractivity contribution in [2.75, 3.05) is 6.54 Å². The van der Waals surface area contributed by atoms with E-state index in [2.05, 4.69) is 20.8 Å². The Kier molecular flexibility index (Phi) is 6.65. The van der Waals surface area contributed by atoms with Crippen molar-refractivity contribution in [2.24, 2.45) is 0 Å². The van der Waals surface area contributed by atoms with Crippen LogP contribution in [0.5, 0.6) is 0 Å². The number of hydrogen-bond acceptors (Lipinski definition) is 1. The highest BCUT2D eigenvalue weighted by atomic mass is 16.2. The number of carbonyl (C=O) groups excluding carboxylic acids is 1. The second-order valence-corrected chi connectivity index (χ2v) is 3.52. The van der Waals surface area contributed by atoms with Crippen molar-refractivity contribution in [1.82, 2.24) is 4.90 Å². The fourth-order valence-corrected chi connectivity index (χ4v) is 1.59. The summed E-state index contributed by atoms with van der Waals surface area (Å²) < 4.78 is 0. The van der Waals surface area contributed by atoms with Crippen LogP contribution >= 0.6 is 0 Å². The van der Waals surface area contributed by atoms with Crippen molar-refractivity contribution < 1.29 is 4.79 Å². The standard InChI is InChI=1S/C11H23NO/c1-5-8-9-10(4)12(7-3)11(13)6-2/h10H,5-9H2,1-4H3. The molecule has 0 aliphatic carbocycles. The molecule has 0 aromatic heterocycles. The van der Waals surface area contributed by atoms with E-state index in [0.29, 0.717) is 12.5 Å². The van der Waals surface area contributed by atoms with E-state index >= 15 is 0 Å². The Morgan fingerprint density at radius 1 is 1.31 bits per heavy atom. The number of rotatable bonds is 6. The Morgan fingerprint density at radius 2 is 1.92 bits per heavy atom. The molecule has 0 bridgehead atoms. The second kappa shape index (κ2) is 6.93. The van der Waals surface area contributed by atoms with E-state index in [1.807, 2.05) is 11.8 Å². The third-order valence-electron chi connectivity index (χ3n) is 2.47. The van der Waals surface area contributed by atoms with Crippen LogP contribution in [-0.2, 0) is 4.79 Å². The molecule has 2 heteroatoms. The molecule has 2 nitrogen and oxygen atoms in total. The average Bonchev–Trinajstić information content (AvgIpc) is 2.15. The molecule has 0 saturated carbocycles. The lowest BCUT2D eigenvalue weighted by atomic mass is 10.1. The van der Waals surface area contributed by atoms with Crippen molar-refractivity contribution in [3.05, 3.63) is 0 Å². The average molecular weight is 185 g/mol. The van der Waals surface area contributed by atoms with E-state index < -0.39 is 0 Å². The molecule has 13 heavy (non-hydrogen) atoms. The number of hydrogen-bond donors (Lipinski definition) is 0. The molecule has 78 valence electrons. The van der Waals surface area contributed by atoms with Crippen molar-refractivity contribution in [1.29, 1.82) is 0 Å². The molecule has 0 saturated heterocycles. The van der Waals surface area contributed by atoms with E-state index in [1.165, 1.54) is 12.8 Å². The quantitative estimate of drug-likeness (QED) is 0.623. The Balaban J connectivity index is 3.98. The third kappa shape index (κ3) is 4.30. The zero-order valence-corrected chi connectivity index (χ0v) is 9.47. The molecule has 0 aromatic carbocycles. The number of nitrogens with zero attached hydrogens (tertiary/aromatic N) is 1. The molecule has 0 aromatic rings. The van der Waals surface area contributed by atoms with Crippen LogP contribution in [0.25, 0.3) is 0 Å². The first-order chi connectivity index (χ1) is 6.17. The SMILES string of the molecule is CCCCC(C)N(CC)C(=O)CC. The van der Waals surface area contributed by atoms with E-state index in [4.69, 9.17) is 0 Å². The van der Waals surface area contributed by atoms with Gasteiger partial charge in [-0.1, -0.05) is 26.7 Å². The highest BCUT2D eigenvalue weighted by Gasteiger charge is 2.15. The molecule has 0 rings (SSSR count). The molecule has 0 heterocycles. The van der Waals surface area contributed by atoms with Crippen LogP contribution in [-0.4, -0.2) is 23.4 Å². The maximum Gasteiger partial charge on any atom is 0.222 e. The van der Waals surface area contributed by atoms with Gasteiger partial charge in [-0.2, -0.15) is 0 Å². The first-order valence-electron chi connectivity index (χ1n) is 5.46. The first kappa shape index (κ1) is 12.5. The van der Waals surface area contributed by atoms with Gasteiger partial charge in [-0.05, 0) is 20.3 Å². The molecule has 0 radical (unpaired) electrons. The lowest BCUT2D eigenvalue weighted by Crippen LogP contribution is -2.37. The molecule has 0 spiro atoms. The van der Waals surface area contributed by atoms with Crippen molar-refractivity contribution in [2.45, 2.75) is 59.4 Å². The Labute approximate surface area is 82.3 Å². The summed E-state index contributed by atoms with van der Waals surface area (Å²) in [4.78, 5) is 13.5. The number of carbonyl (C=O) groups is 1. The van der Waals surface area contributed by atoms with E-state index in [1.54, 1.807) is 0 Å². The molecule has 0 fully saturated rings. The minimum atomic E-state index is 0.283. The molecule has 1 unspecified atom stereocenters. The molecular weight excluding hydrogens is 162 g/mol. The van der Waals surface area contributed by atoms with Gasteiger partial charge in [0.15, 0.2) is 0 Å². The normalized spacial score (nSPS) is 12.6. The van der Waals surface area contributed by atoms with Gasteiger partial charge in [-0.15, -0.1) is 0 Å². The van der Waals surface area contributed by atoms with Crippen LogP contribution in [0.2, 0.25) is 0 Å². The number of unbranched alkanes of at least 4 members (excludes halogenated alkanes) is 1. The van der Waals surface area contributed by atoms with Crippen LogP contribution in [0, 0.1) is 0 Å². The summed E-state index contributed by atoms with van der Waals surface area (Å²) in [6.45, 7) is 9.16. The lowest BCUT2D eigenvalue weighted by Gasteiger charge is -2.27. The fourth-order valence-electron chi connectivity index (χ4n) is 1.59. The van der Waals surface area contributed by atoms with Crippen molar-refractivity contribution in [3.8, 4) is 0 Å². The Bertz CT molecular complexity index is 145. The predicted octanol–water partition coefficient (Wildman–Crippen LogP) is 2.82. The van der Waals surface area contributed by atoms with Gasteiger partial charge in [-0.3, -0.25) is 4.79 Å². The minimum absolute atomic E-state index is 0.283. The summed E-state index contributed by atoms with van der Waals surface area (Å²) in [5.41, 5.74) is 0. The molecule has 0 aliphatic heterocycles. The lowest BCUT2D eigenvalue weighted by molar-refractivity contribution is -0.132. The van der Waals surface area contributed by atoms with Gasteiger partial charge in [0, 0.05) is 19.0 Å². The van der Waals surface area contributed by atoms with Gasteiger partial charge < -0.3 is 4.90 Å². The molecule has 0 aliphatic rings. The van der Waals surface area contributed by atoms with E-state index in [0.717, 1.165) is 13.0 Å². The molecule has 1 atom stereocenters. The molecule has 0 N–H and O–H groups in total. The van der Waals surface area contributed by atoms with Crippen molar-refractivity contribution in [3.63, 3.8) is 0 Å². The number of amides is 1. The zero-order chi connectivity index (χ0) is 10.3. The van der Waals surface area contributed by atoms with Crippen LogP contribution < -0.4 is 0 Å². The third-order valence-corrected chi connectivity index (χ3v) is 2.47. The minimum Gasteiger partial charge on any atom is -0.340 e. The van der Waals surface area contributed by atoms with E-state index in [9.17, 15) is 4.79 Å². The summed E-state index contributed by atoms with van der Waals surface area (Å²) in [5.74, 6) is 0.283. The van der Waals surface area contributed by atoms with Gasteiger partial charge in [-0.25, -0.2) is 0 Å². The van der Waals surface area contributed by atoms with E-state index in [-0.39, 0.29) is 5.91 Å². The van der Waals surface area contributed by atoms with Gasteiger partial charge in [0.05, 0.1) is 0 Å². The second-order valence-electron chi connectivity index (χ2n) is 3.52. The van der Waals surface area contributed by atoms with Crippen LogP contribution in [0.4, 0.5) is 0 Å². The fraction of sp³-hybridized carbons (Fsp3) is 0.909. The summed E-state index contributed by atoms with van der Waals surface area (Å²) in [6.07, 6.45) is 4.19. The molecular formula is C11H23NO. The largest absolute Gasteiger partial charge is 0.340 e. The topological polar surface area (TPSA) is 20.3 Å². The van der Waals surface area contributed by atoms with Gasteiger partial charge in [0.1, 0.15) is 0 Å². The van der Waals surface area contributed by atoms with Crippen molar-refractivity contribution >= 4 is 5.91 Å². The Morgan fingerprint density at radius 3 is 2.31 bits per heavy atom. The maximum atomic E-state index is 11.5. The first-order valence-corrected chi connectivity index (χ1v) is 5.46. The Hall–Kier alpha value is -0.530. The van der Waals surface area contributed by atoms with Crippen LogP contribution in [0.3, 0.4) is 0 Å². The van der Waals surface area contributed by atoms with Crippen LogP contribution in [0.15, 0.2) is 0 Å². The van der Waals surface area contributed by atoms with Crippen LogP contribution in [0.1, 0.15) is 53.4 Å². The monoisotopic (exact) mass is 185 g/mol. The summed E-state index contributed by atoms with van der Waals surface area (Å²) in [5, 5.41) is 0. The smallest absolute Gasteiger partial charge is 0.222 e. The highest BCUT2D eigenvalue weighted by molar-refractivity contribution is 5.76. The van der Waals surface area contributed by atoms with Gasteiger partial charge in [0.2, 0.25) is 5.91 Å². The van der Waals surface area contributed by atoms with Gasteiger partial charge in [0.25, 0.3) is 0 Å².